The van der Waals surface area contributed by atoms with E-state index in [2.05, 4.69) is 26.6 Å². The first-order chi connectivity index (χ1) is 19.5. The molecule has 3 aromatic carbocycles. The molecule has 2 amide bonds. The first kappa shape index (κ1) is 29.1. The molecule has 3 aromatic rings. The number of carbonyl (C=O) groups excluding carboxylic acids is 2. The van der Waals surface area contributed by atoms with Gasteiger partial charge in [0.2, 0.25) is 17.4 Å². The highest BCUT2D eigenvalue weighted by Gasteiger charge is 2.62. The minimum absolute atomic E-state index is 0.122. The number of carboxylic acids is 1. The van der Waals surface area contributed by atoms with Crippen LogP contribution in [-0.4, -0.2) is 28.5 Å². The number of benzene rings is 3. The Hall–Kier alpha value is -3.43. The highest BCUT2D eigenvalue weighted by molar-refractivity contribution is 9.10. The van der Waals surface area contributed by atoms with Gasteiger partial charge in [-0.25, -0.2) is 9.18 Å². The lowest BCUT2D eigenvalue weighted by atomic mass is 9.59. The Morgan fingerprint density at radius 2 is 1.85 bits per heavy atom. The molecule has 214 valence electrons. The number of amides is 2. The van der Waals surface area contributed by atoms with Crippen molar-refractivity contribution in [2.75, 3.05) is 5.32 Å². The number of aliphatic carboxylic acids is 1. The maximum Gasteiger partial charge on any atom is 0.348 e. The summed E-state index contributed by atoms with van der Waals surface area (Å²) in [7, 11) is 0. The second-order valence-electron chi connectivity index (χ2n) is 10.6. The van der Waals surface area contributed by atoms with E-state index in [0.29, 0.717) is 33.0 Å². The van der Waals surface area contributed by atoms with Gasteiger partial charge in [-0.1, -0.05) is 53.5 Å². The zero-order valence-corrected chi connectivity index (χ0v) is 25.0. The van der Waals surface area contributed by atoms with E-state index in [1.54, 1.807) is 51.1 Å². The largest absolute Gasteiger partial charge is 0.478 e. The summed E-state index contributed by atoms with van der Waals surface area (Å²) in [5, 5.41) is 16.4. The van der Waals surface area contributed by atoms with Crippen molar-refractivity contribution < 1.29 is 28.6 Å². The van der Waals surface area contributed by atoms with Crippen LogP contribution in [0.3, 0.4) is 0 Å². The van der Waals surface area contributed by atoms with Gasteiger partial charge in [0, 0.05) is 33.1 Å². The Balaban J connectivity index is 1.82. The quantitative estimate of drug-likeness (QED) is 0.263. The Morgan fingerprint density at radius 1 is 1.12 bits per heavy atom. The summed E-state index contributed by atoms with van der Waals surface area (Å²) in [4.78, 5) is 40.2. The lowest BCUT2D eigenvalue weighted by Crippen LogP contribution is -2.57. The van der Waals surface area contributed by atoms with E-state index >= 15 is 0 Å². The van der Waals surface area contributed by atoms with Gasteiger partial charge in [-0.2, -0.15) is 0 Å². The van der Waals surface area contributed by atoms with E-state index in [1.807, 2.05) is 12.1 Å². The average Bonchev–Trinajstić information content (AvgIpc) is 3.21. The number of anilines is 1. The molecule has 1 fully saturated rings. The minimum atomic E-state index is -1.54. The van der Waals surface area contributed by atoms with Gasteiger partial charge in [-0.05, 0) is 78.9 Å². The van der Waals surface area contributed by atoms with Crippen molar-refractivity contribution in [2.45, 2.75) is 63.0 Å². The van der Waals surface area contributed by atoms with Gasteiger partial charge in [0.25, 0.3) is 0 Å². The average molecular weight is 644 g/mol. The Kier molecular flexibility index (Phi) is 7.63. The van der Waals surface area contributed by atoms with Crippen LogP contribution in [0.5, 0.6) is 5.75 Å². The third-order valence-corrected chi connectivity index (χ3v) is 9.22. The van der Waals surface area contributed by atoms with E-state index < -0.39 is 34.8 Å². The zero-order valence-electron chi connectivity index (χ0n) is 22.7. The number of aryl methyl sites for hydroxylation is 1. The van der Waals surface area contributed by atoms with Crippen LogP contribution < -0.4 is 15.4 Å². The fourth-order valence-electron chi connectivity index (χ4n) is 6.28. The first-order valence-electron chi connectivity index (χ1n) is 13.4. The van der Waals surface area contributed by atoms with Crippen molar-refractivity contribution in [3.63, 3.8) is 0 Å². The van der Waals surface area contributed by atoms with Crippen molar-refractivity contribution in [1.82, 2.24) is 5.32 Å². The van der Waals surface area contributed by atoms with E-state index in [4.69, 9.17) is 16.3 Å². The highest BCUT2D eigenvalue weighted by atomic mass is 79.9. The Morgan fingerprint density at radius 3 is 2.54 bits per heavy atom. The SMILES string of the molecule is CCC(CC)(Oc1ccc(Cl)cc1[C@H]1CC(=O)N[C@@H](c2cc(F)ccc2C)[C@]12C(=O)Nc1cc(Br)ccc12)C(=O)O. The van der Waals surface area contributed by atoms with Crippen LogP contribution in [0.1, 0.15) is 67.3 Å². The molecule has 0 aliphatic carbocycles. The molecule has 7 nitrogen and oxygen atoms in total. The molecule has 0 radical (unpaired) electrons. The zero-order chi connectivity index (χ0) is 29.7. The smallest absolute Gasteiger partial charge is 0.348 e. The van der Waals surface area contributed by atoms with Crippen molar-refractivity contribution in [2.24, 2.45) is 0 Å². The predicted molar refractivity (Wildman–Crippen MR) is 157 cm³/mol. The fraction of sp³-hybridized carbons (Fsp3) is 0.323. The molecule has 0 saturated carbocycles. The highest BCUT2D eigenvalue weighted by Crippen LogP contribution is 2.59. The summed E-state index contributed by atoms with van der Waals surface area (Å²) in [5.74, 6) is -3.00. The second-order valence-corrected chi connectivity index (χ2v) is 11.9. The summed E-state index contributed by atoms with van der Waals surface area (Å²) in [6.45, 7) is 5.25. The van der Waals surface area contributed by atoms with Crippen LogP contribution in [0.15, 0.2) is 59.1 Å². The molecule has 1 spiro atoms. The van der Waals surface area contributed by atoms with Crippen LogP contribution in [0.4, 0.5) is 10.1 Å². The molecule has 2 aliphatic rings. The molecule has 5 rings (SSSR count). The van der Waals surface area contributed by atoms with E-state index in [1.165, 1.54) is 12.1 Å². The first-order valence-corrected chi connectivity index (χ1v) is 14.5. The van der Waals surface area contributed by atoms with Crippen molar-refractivity contribution in [3.8, 4) is 5.75 Å². The third kappa shape index (κ3) is 4.69. The number of fused-ring (bicyclic) bond motifs is 2. The number of carboxylic acid groups (broad SMARTS) is 1. The van der Waals surface area contributed by atoms with Gasteiger partial charge >= 0.3 is 5.97 Å². The summed E-state index contributed by atoms with van der Waals surface area (Å²) in [5.41, 5.74) is -0.242. The topological polar surface area (TPSA) is 105 Å². The Bertz CT molecular complexity index is 1580. The molecule has 41 heavy (non-hydrogen) atoms. The van der Waals surface area contributed by atoms with Crippen molar-refractivity contribution in [3.05, 3.63) is 92.2 Å². The predicted octanol–water partition coefficient (Wildman–Crippen LogP) is 6.81. The molecule has 0 unspecified atom stereocenters. The number of halogens is 3. The van der Waals surface area contributed by atoms with Crippen LogP contribution in [0.2, 0.25) is 5.02 Å². The summed E-state index contributed by atoms with van der Waals surface area (Å²) < 4.78 is 21.7. The normalized spacial score (nSPS) is 21.8. The van der Waals surface area contributed by atoms with E-state index in [-0.39, 0.29) is 36.8 Å². The number of hydrogen-bond donors (Lipinski definition) is 3. The number of nitrogens with one attached hydrogen (secondary N) is 2. The van der Waals surface area contributed by atoms with Gasteiger partial charge in [-0.15, -0.1) is 0 Å². The van der Waals surface area contributed by atoms with Crippen molar-refractivity contribution in [1.29, 1.82) is 0 Å². The molecule has 10 heteroatoms. The third-order valence-electron chi connectivity index (χ3n) is 8.49. The molecule has 2 aliphatic heterocycles. The van der Waals surface area contributed by atoms with Crippen LogP contribution in [0, 0.1) is 12.7 Å². The molecule has 0 bridgehead atoms. The summed E-state index contributed by atoms with van der Waals surface area (Å²) >= 11 is 9.97. The number of carbonyl (C=O) groups is 3. The number of hydrogen-bond acceptors (Lipinski definition) is 4. The molecule has 2 heterocycles. The summed E-state index contributed by atoms with van der Waals surface area (Å²) in [6, 6.07) is 13.5. The monoisotopic (exact) mass is 642 g/mol. The molecular weight excluding hydrogens is 615 g/mol. The minimum Gasteiger partial charge on any atom is -0.478 e. The molecule has 0 aromatic heterocycles. The van der Waals surface area contributed by atoms with Gasteiger partial charge in [-0.3, -0.25) is 9.59 Å². The maximum atomic E-state index is 14.7. The number of rotatable bonds is 7. The van der Waals surface area contributed by atoms with Crippen LogP contribution in [-0.2, 0) is 19.8 Å². The van der Waals surface area contributed by atoms with Gasteiger partial charge in [0.05, 0.1) is 6.04 Å². The molecule has 1 saturated heterocycles. The number of ether oxygens (including phenoxy) is 1. The van der Waals surface area contributed by atoms with Gasteiger partial charge in [0.15, 0.2) is 0 Å². The molecular formula is C31H29BrClFN2O5. The Labute approximate surface area is 250 Å². The molecule has 3 atom stereocenters. The lowest BCUT2D eigenvalue weighted by Gasteiger charge is -2.47. The van der Waals surface area contributed by atoms with Crippen LogP contribution >= 0.6 is 27.5 Å². The van der Waals surface area contributed by atoms with Crippen molar-refractivity contribution >= 4 is 51.0 Å². The number of piperidine rings is 1. The second kappa shape index (κ2) is 10.8. The van der Waals surface area contributed by atoms with Crippen LogP contribution in [0.25, 0.3) is 0 Å². The fourth-order valence-corrected chi connectivity index (χ4v) is 6.82. The molecule has 3 N–H and O–H groups in total. The lowest BCUT2D eigenvalue weighted by molar-refractivity contribution is -0.156. The summed E-state index contributed by atoms with van der Waals surface area (Å²) in [6.07, 6.45) is 0.238. The van der Waals surface area contributed by atoms with E-state index in [0.717, 1.165) is 4.47 Å². The van der Waals surface area contributed by atoms with Gasteiger partial charge in [0.1, 0.15) is 17.0 Å². The maximum absolute atomic E-state index is 14.7. The standard InChI is InChI=1S/C31H29BrClFN2O5/c1-4-30(5-2,29(39)40)41-25-11-8-18(33)13-21(25)23-15-26(37)36-27(20-14-19(34)9-6-16(20)3)31(23)22-10-7-17(32)12-24(22)35-28(31)38/h6-14,23,27H,4-5,15H2,1-3H3,(H,35,38)(H,36,37)(H,39,40)/t23-,27+,31-/m1/s1. The van der Waals surface area contributed by atoms with E-state index in [9.17, 15) is 23.9 Å². The van der Waals surface area contributed by atoms with Gasteiger partial charge < -0.3 is 20.5 Å².